The van der Waals surface area contributed by atoms with E-state index >= 15 is 0 Å². The van der Waals surface area contributed by atoms with E-state index in [2.05, 4.69) is 16.8 Å². The van der Waals surface area contributed by atoms with Crippen LogP contribution in [0.3, 0.4) is 0 Å². The molecular weight excluding hydrogens is 304 g/mol. The summed E-state index contributed by atoms with van der Waals surface area (Å²) in [5.41, 5.74) is -1.10. The van der Waals surface area contributed by atoms with Gasteiger partial charge in [0.15, 0.2) is 0 Å². The maximum absolute atomic E-state index is 12.0. The van der Waals surface area contributed by atoms with E-state index in [0.29, 0.717) is 0 Å². The fourth-order valence-corrected chi connectivity index (χ4v) is 2.33. The molecule has 0 saturated carbocycles. The molecule has 124 valence electrons. The number of nitrogens with zero attached hydrogens (tertiary/aromatic N) is 1. The Morgan fingerprint density at radius 1 is 1.57 bits per heavy atom. The lowest BCUT2D eigenvalue weighted by molar-refractivity contribution is -0.152. The summed E-state index contributed by atoms with van der Waals surface area (Å²) < 4.78 is 12.0. The lowest BCUT2D eigenvalue weighted by Crippen LogP contribution is -2.33. The van der Waals surface area contributed by atoms with Crippen molar-refractivity contribution in [3.63, 3.8) is 0 Å². The number of carbonyl (C=O) groups is 1. The number of hydrogen-bond acceptors (Lipinski definition) is 6. The Hall–Kier alpha value is -2.37. The molecule has 1 aliphatic heterocycles. The maximum atomic E-state index is 12.0. The van der Waals surface area contributed by atoms with Crippen LogP contribution in [-0.4, -0.2) is 39.4 Å². The van der Waals surface area contributed by atoms with Gasteiger partial charge in [-0.15, -0.1) is 5.92 Å². The van der Waals surface area contributed by atoms with E-state index in [4.69, 9.17) is 9.47 Å². The number of rotatable bonds is 4. The number of nitrogens with one attached hydrogen (secondary N) is 1. The summed E-state index contributed by atoms with van der Waals surface area (Å²) in [4.78, 5) is 37.2. The van der Waals surface area contributed by atoms with Crippen molar-refractivity contribution in [2.45, 2.75) is 45.1 Å². The first kappa shape index (κ1) is 17.0. The fourth-order valence-electron chi connectivity index (χ4n) is 2.33. The van der Waals surface area contributed by atoms with Gasteiger partial charge in [-0.25, -0.2) is 4.79 Å². The highest BCUT2D eigenvalue weighted by Gasteiger charge is 2.38. The second kappa shape index (κ2) is 7.26. The number of aliphatic hydroxyl groups excluding tert-OH is 1. The second-order valence-electron chi connectivity index (χ2n) is 5.01. The second-order valence-corrected chi connectivity index (χ2v) is 5.01. The first-order valence-electron chi connectivity index (χ1n) is 7.24. The molecular formula is C15H18N2O6. The van der Waals surface area contributed by atoms with Gasteiger partial charge in [0.05, 0.1) is 6.61 Å². The summed E-state index contributed by atoms with van der Waals surface area (Å²) in [5, 5.41) is 9.36. The molecule has 0 bridgehead atoms. The first-order chi connectivity index (χ1) is 11.0. The van der Waals surface area contributed by atoms with Crippen molar-refractivity contribution in [3.8, 4) is 11.8 Å². The Balaban J connectivity index is 2.30. The van der Waals surface area contributed by atoms with Crippen molar-refractivity contribution < 1.29 is 19.4 Å². The molecule has 1 aromatic rings. The van der Waals surface area contributed by atoms with Crippen LogP contribution in [0.5, 0.6) is 0 Å². The molecule has 8 nitrogen and oxygen atoms in total. The Bertz CT molecular complexity index is 754. The van der Waals surface area contributed by atoms with Gasteiger partial charge in [0.25, 0.3) is 5.56 Å². The third-order valence-corrected chi connectivity index (χ3v) is 3.47. The molecule has 1 fully saturated rings. The molecule has 2 N–H and O–H groups in total. The van der Waals surface area contributed by atoms with Crippen molar-refractivity contribution >= 4 is 5.97 Å². The van der Waals surface area contributed by atoms with E-state index in [-0.39, 0.29) is 25.0 Å². The molecule has 3 atom stereocenters. The Kier molecular flexibility index (Phi) is 5.36. The number of carbonyl (C=O) groups excluding carboxylic acids is 1. The van der Waals surface area contributed by atoms with E-state index in [9.17, 15) is 19.5 Å². The van der Waals surface area contributed by atoms with Crippen molar-refractivity contribution in [1.29, 1.82) is 0 Å². The molecule has 23 heavy (non-hydrogen) atoms. The largest absolute Gasteiger partial charge is 0.459 e. The molecule has 0 aromatic carbocycles. The molecule has 1 saturated heterocycles. The van der Waals surface area contributed by atoms with Crippen LogP contribution in [0.1, 0.15) is 38.5 Å². The third-order valence-electron chi connectivity index (χ3n) is 3.47. The van der Waals surface area contributed by atoms with Gasteiger partial charge in [-0.05, 0) is 6.92 Å². The summed E-state index contributed by atoms with van der Waals surface area (Å²) in [5.74, 6) is 4.78. The topological polar surface area (TPSA) is 111 Å². The van der Waals surface area contributed by atoms with Gasteiger partial charge in [0, 0.05) is 19.0 Å². The van der Waals surface area contributed by atoms with Gasteiger partial charge in [-0.2, -0.15) is 0 Å². The minimum Gasteiger partial charge on any atom is -0.459 e. The average Bonchev–Trinajstić information content (AvgIpc) is 2.92. The van der Waals surface area contributed by atoms with Crippen LogP contribution in [0.2, 0.25) is 0 Å². The number of ether oxygens (including phenoxy) is 2. The lowest BCUT2D eigenvalue weighted by Gasteiger charge is -2.16. The van der Waals surface area contributed by atoms with Crippen LogP contribution in [0, 0.1) is 11.8 Å². The predicted molar refractivity (Wildman–Crippen MR) is 79.7 cm³/mol. The smallest absolute Gasteiger partial charge is 0.330 e. The van der Waals surface area contributed by atoms with E-state index in [0.717, 1.165) is 0 Å². The molecule has 0 aliphatic carbocycles. The number of H-pyrrole nitrogens is 1. The molecule has 0 spiro atoms. The highest BCUT2D eigenvalue weighted by atomic mass is 16.6. The summed E-state index contributed by atoms with van der Waals surface area (Å²) in [7, 11) is 0. The summed E-state index contributed by atoms with van der Waals surface area (Å²) in [6.45, 7) is 2.88. The van der Waals surface area contributed by atoms with Crippen LogP contribution in [0.4, 0.5) is 0 Å². The fraction of sp³-hybridized carbons (Fsp3) is 0.533. The summed E-state index contributed by atoms with van der Waals surface area (Å²) in [6.07, 6.45) is -0.438. The zero-order valence-electron chi connectivity index (χ0n) is 12.9. The first-order valence-corrected chi connectivity index (χ1v) is 7.24. The highest BCUT2D eigenvalue weighted by molar-refractivity contribution is 5.69. The molecule has 2 rings (SSSR count). The number of aromatic nitrogens is 2. The van der Waals surface area contributed by atoms with Gasteiger partial charge in [0.1, 0.15) is 24.0 Å². The third kappa shape index (κ3) is 3.70. The minimum atomic E-state index is -0.761. The predicted octanol–water partition coefficient (Wildman–Crippen LogP) is -0.490. The normalized spacial score (nSPS) is 23.2. The van der Waals surface area contributed by atoms with Crippen LogP contribution < -0.4 is 11.2 Å². The van der Waals surface area contributed by atoms with E-state index < -0.39 is 35.7 Å². The zero-order valence-corrected chi connectivity index (χ0v) is 12.9. The van der Waals surface area contributed by atoms with Crippen LogP contribution >= 0.6 is 0 Å². The lowest BCUT2D eigenvalue weighted by atomic mass is 10.2. The van der Waals surface area contributed by atoms with Crippen molar-refractivity contribution in [2.24, 2.45) is 0 Å². The molecule has 1 aliphatic rings. The SMILES string of the molecule is CC#Cc1cn([C@@H]2CC(OC(=O)CC)[C@H](CO)O2)c(=O)[nH]c1=O. The van der Waals surface area contributed by atoms with E-state index in [1.54, 1.807) is 13.8 Å². The van der Waals surface area contributed by atoms with Gasteiger partial charge < -0.3 is 14.6 Å². The van der Waals surface area contributed by atoms with E-state index in [1.807, 2.05) is 0 Å². The van der Waals surface area contributed by atoms with Crippen LogP contribution in [0.15, 0.2) is 15.8 Å². The van der Waals surface area contributed by atoms with Crippen molar-refractivity contribution in [3.05, 3.63) is 32.6 Å². The zero-order chi connectivity index (χ0) is 17.0. The van der Waals surface area contributed by atoms with Gasteiger partial charge in [0.2, 0.25) is 0 Å². The Morgan fingerprint density at radius 2 is 2.30 bits per heavy atom. The summed E-state index contributed by atoms with van der Waals surface area (Å²) >= 11 is 0. The molecule has 1 aromatic heterocycles. The Morgan fingerprint density at radius 3 is 2.91 bits per heavy atom. The van der Waals surface area contributed by atoms with Gasteiger partial charge in [-0.1, -0.05) is 12.8 Å². The highest BCUT2D eigenvalue weighted by Crippen LogP contribution is 2.29. The maximum Gasteiger partial charge on any atom is 0.330 e. The molecule has 8 heteroatoms. The van der Waals surface area contributed by atoms with Crippen molar-refractivity contribution in [2.75, 3.05) is 6.61 Å². The number of hydrogen-bond donors (Lipinski definition) is 2. The van der Waals surface area contributed by atoms with Gasteiger partial charge >= 0.3 is 11.7 Å². The standard InChI is InChI=1S/C15H18N2O6/c1-3-5-9-7-17(15(21)16-14(9)20)12-6-10(11(8-18)22-12)23-13(19)4-2/h7,10-12,18H,4,6,8H2,1-2H3,(H,16,20,21)/t10?,11-,12-/m0/s1. The Labute approximate surface area is 132 Å². The number of esters is 1. The van der Waals surface area contributed by atoms with Crippen LogP contribution in [-0.2, 0) is 14.3 Å². The van der Waals surface area contributed by atoms with Crippen LogP contribution in [0.25, 0.3) is 0 Å². The van der Waals surface area contributed by atoms with E-state index in [1.165, 1.54) is 10.8 Å². The monoisotopic (exact) mass is 322 g/mol. The number of aliphatic hydroxyl groups is 1. The molecule has 0 radical (unpaired) electrons. The molecule has 1 unspecified atom stereocenters. The average molecular weight is 322 g/mol. The minimum absolute atomic E-state index is 0.130. The summed E-state index contributed by atoms with van der Waals surface area (Å²) in [6, 6.07) is 0. The molecule has 2 heterocycles. The molecule has 0 amide bonds. The number of aromatic amines is 1. The van der Waals surface area contributed by atoms with Crippen molar-refractivity contribution in [1.82, 2.24) is 9.55 Å². The van der Waals surface area contributed by atoms with Gasteiger partial charge in [-0.3, -0.25) is 19.1 Å². The quantitative estimate of drug-likeness (QED) is 0.572.